The maximum absolute atomic E-state index is 11.4. The van der Waals surface area contributed by atoms with E-state index in [0.29, 0.717) is 11.4 Å². The first-order chi connectivity index (χ1) is 11.6. The first-order valence-electron chi connectivity index (χ1n) is 7.83. The molecular weight excluding hydrogens is 310 g/mol. The normalized spacial score (nSPS) is 15.5. The van der Waals surface area contributed by atoms with E-state index in [9.17, 15) is 10.1 Å². The highest BCUT2D eigenvalue weighted by Gasteiger charge is 2.25. The molecule has 7 heteroatoms. The van der Waals surface area contributed by atoms with Crippen molar-refractivity contribution in [3.05, 3.63) is 51.6 Å². The third kappa shape index (κ3) is 2.38. The van der Waals surface area contributed by atoms with Gasteiger partial charge in [0.25, 0.3) is 5.69 Å². The summed E-state index contributed by atoms with van der Waals surface area (Å²) in [5, 5.41) is 18.0. The molecule has 0 fully saturated rings. The van der Waals surface area contributed by atoms with E-state index in [1.807, 2.05) is 25.1 Å². The van der Waals surface area contributed by atoms with Crippen molar-refractivity contribution < 1.29 is 14.4 Å². The Morgan fingerprint density at radius 1 is 1.25 bits per heavy atom. The summed E-state index contributed by atoms with van der Waals surface area (Å²) < 4.78 is 10.7. The third-order valence-corrected chi connectivity index (χ3v) is 4.44. The highest BCUT2D eigenvalue weighted by atomic mass is 16.7. The SMILES string of the molecule is CC(Nc1c([N+](=O)[O-])ccc2c1CCN2)c1ccc2c(c1)OCO2. The highest BCUT2D eigenvalue weighted by Crippen LogP contribution is 2.40. The number of nitro benzene ring substituents is 1. The molecule has 4 rings (SSSR count). The number of rotatable bonds is 4. The van der Waals surface area contributed by atoms with Crippen LogP contribution in [0.25, 0.3) is 0 Å². The summed E-state index contributed by atoms with van der Waals surface area (Å²) >= 11 is 0. The summed E-state index contributed by atoms with van der Waals surface area (Å²) in [5.41, 5.74) is 3.60. The maximum Gasteiger partial charge on any atom is 0.292 e. The molecule has 0 spiro atoms. The lowest BCUT2D eigenvalue weighted by atomic mass is 10.0. The van der Waals surface area contributed by atoms with Crippen LogP contribution in [0, 0.1) is 10.1 Å². The predicted octanol–water partition coefficient (Wildman–Crippen LogP) is 3.46. The topological polar surface area (TPSA) is 85.7 Å². The van der Waals surface area contributed by atoms with E-state index in [1.165, 1.54) is 0 Å². The second kappa shape index (κ2) is 5.59. The zero-order valence-corrected chi connectivity index (χ0v) is 13.2. The average molecular weight is 327 g/mol. The molecule has 1 unspecified atom stereocenters. The fraction of sp³-hybridized carbons (Fsp3) is 0.294. The molecule has 2 aliphatic heterocycles. The van der Waals surface area contributed by atoms with E-state index in [4.69, 9.17) is 9.47 Å². The maximum atomic E-state index is 11.4. The smallest absolute Gasteiger partial charge is 0.292 e. The van der Waals surface area contributed by atoms with Crippen LogP contribution in [0.2, 0.25) is 0 Å². The number of hydrogen-bond donors (Lipinski definition) is 2. The Hall–Kier alpha value is -2.96. The molecule has 0 radical (unpaired) electrons. The molecule has 7 nitrogen and oxygen atoms in total. The number of nitrogens with one attached hydrogen (secondary N) is 2. The molecular formula is C17H17N3O4. The van der Waals surface area contributed by atoms with E-state index < -0.39 is 0 Å². The van der Waals surface area contributed by atoms with Crippen molar-refractivity contribution in [3.63, 3.8) is 0 Å². The largest absolute Gasteiger partial charge is 0.454 e. The molecule has 2 heterocycles. The fourth-order valence-corrected chi connectivity index (χ4v) is 3.18. The highest BCUT2D eigenvalue weighted by molar-refractivity contribution is 5.77. The predicted molar refractivity (Wildman–Crippen MR) is 89.9 cm³/mol. The van der Waals surface area contributed by atoms with Crippen molar-refractivity contribution in [2.75, 3.05) is 24.0 Å². The lowest BCUT2D eigenvalue weighted by Gasteiger charge is -2.18. The summed E-state index contributed by atoms with van der Waals surface area (Å²) in [5.74, 6) is 1.43. The zero-order chi connectivity index (χ0) is 16.7. The lowest BCUT2D eigenvalue weighted by Crippen LogP contribution is -2.10. The van der Waals surface area contributed by atoms with Crippen molar-refractivity contribution in [2.45, 2.75) is 19.4 Å². The number of ether oxygens (including phenoxy) is 2. The Morgan fingerprint density at radius 3 is 2.92 bits per heavy atom. The van der Waals surface area contributed by atoms with Crippen LogP contribution in [0.15, 0.2) is 30.3 Å². The zero-order valence-electron chi connectivity index (χ0n) is 13.2. The molecule has 0 aliphatic carbocycles. The van der Waals surface area contributed by atoms with E-state index >= 15 is 0 Å². The van der Waals surface area contributed by atoms with Gasteiger partial charge < -0.3 is 20.1 Å². The molecule has 2 aromatic rings. The molecule has 0 saturated heterocycles. The van der Waals surface area contributed by atoms with Gasteiger partial charge in [-0.3, -0.25) is 10.1 Å². The third-order valence-electron chi connectivity index (χ3n) is 4.44. The number of benzene rings is 2. The molecule has 2 aliphatic rings. The minimum absolute atomic E-state index is 0.102. The monoisotopic (exact) mass is 327 g/mol. The van der Waals surface area contributed by atoms with Gasteiger partial charge in [-0.2, -0.15) is 0 Å². The van der Waals surface area contributed by atoms with E-state index in [2.05, 4.69) is 10.6 Å². The molecule has 2 aromatic carbocycles. The van der Waals surface area contributed by atoms with Crippen molar-refractivity contribution >= 4 is 17.1 Å². The number of anilines is 2. The second-order valence-electron chi connectivity index (χ2n) is 5.90. The number of hydrogen-bond acceptors (Lipinski definition) is 6. The van der Waals surface area contributed by atoms with Gasteiger partial charge >= 0.3 is 0 Å². The molecule has 2 N–H and O–H groups in total. The Bertz CT molecular complexity index is 822. The second-order valence-corrected chi connectivity index (χ2v) is 5.90. The molecule has 0 amide bonds. The molecule has 24 heavy (non-hydrogen) atoms. The number of nitrogens with zero attached hydrogens (tertiary/aromatic N) is 1. The van der Waals surface area contributed by atoms with Gasteiger partial charge in [0.15, 0.2) is 11.5 Å². The Morgan fingerprint density at radius 2 is 2.08 bits per heavy atom. The quantitative estimate of drug-likeness (QED) is 0.661. The van der Waals surface area contributed by atoms with Crippen LogP contribution in [-0.4, -0.2) is 18.3 Å². The molecule has 1 atom stereocenters. The van der Waals surface area contributed by atoms with Gasteiger partial charge in [-0.1, -0.05) is 6.07 Å². The van der Waals surface area contributed by atoms with Gasteiger partial charge in [0.1, 0.15) is 5.69 Å². The molecule has 0 bridgehead atoms. The van der Waals surface area contributed by atoms with Crippen molar-refractivity contribution in [3.8, 4) is 11.5 Å². The van der Waals surface area contributed by atoms with Crippen LogP contribution < -0.4 is 20.1 Å². The molecule has 124 valence electrons. The minimum Gasteiger partial charge on any atom is -0.454 e. The van der Waals surface area contributed by atoms with Crippen LogP contribution in [0.1, 0.15) is 24.1 Å². The van der Waals surface area contributed by atoms with E-state index in [1.54, 1.807) is 12.1 Å². The minimum atomic E-state index is -0.340. The van der Waals surface area contributed by atoms with Crippen LogP contribution >= 0.6 is 0 Å². The van der Waals surface area contributed by atoms with Crippen LogP contribution in [-0.2, 0) is 6.42 Å². The first-order valence-corrected chi connectivity index (χ1v) is 7.83. The van der Waals surface area contributed by atoms with E-state index in [-0.39, 0.29) is 23.4 Å². The Kier molecular flexibility index (Phi) is 3.41. The van der Waals surface area contributed by atoms with Gasteiger partial charge in [-0.25, -0.2) is 0 Å². The summed E-state index contributed by atoms with van der Waals surface area (Å²) in [6.07, 6.45) is 0.771. The number of fused-ring (bicyclic) bond motifs is 2. The van der Waals surface area contributed by atoms with Crippen LogP contribution in [0.3, 0.4) is 0 Å². The van der Waals surface area contributed by atoms with Crippen LogP contribution in [0.4, 0.5) is 17.1 Å². The van der Waals surface area contributed by atoms with Crippen LogP contribution in [0.5, 0.6) is 11.5 Å². The Balaban J connectivity index is 1.67. The molecule has 0 saturated carbocycles. The van der Waals surface area contributed by atoms with Gasteiger partial charge in [0.2, 0.25) is 6.79 Å². The van der Waals surface area contributed by atoms with Crippen molar-refractivity contribution in [2.24, 2.45) is 0 Å². The summed E-state index contributed by atoms with van der Waals surface area (Å²) in [6.45, 7) is 3.00. The van der Waals surface area contributed by atoms with Gasteiger partial charge in [0, 0.05) is 29.9 Å². The fourth-order valence-electron chi connectivity index (χ4n) is 3.18. The van der Waals surface area contributed by atoms with Crippen molar-refractivity contribution in [1.29, 1.82) is 0 Å². The summed E-state index contributed by atoms with van der Waals surface area (Å²) in [4.78, 5) is 11.1. The summed E-state index contributed by atoms with van der Waals surface area (Å²) in [6, 6.07) is 8.93. The standard InChI is InChI=1S/C17H17N3O4/c1-10(11-2-5-15-16(8-11)24-9-23-15)19-17-12-6-7-18-13(12)3-4-14(17)20(21)22/h2-5,8,10,18-19H,6-7,9H2,1H3. The van der Waals surface area contributed by atoms with E-state index in [0.717, 1.165) is 35.5 Å². The average Bonchev–Trinajstić information content (AvgIpc) is 3.22. The summed E-state index contributed by atoms with van der Waals surface area (Å²) in [7, 11) is 0. The molecule has 0 aromatic heterocycles. The Labute approximate surface area is 138 Å². The lowest BCUT2D eigenvalue weighted by molar-refractivity contribution is -0.384. The number of nitro groups is 1. The van der Waals surface area contributed by atoms with Gasteiger partial charge in [-0.05, 0) is 37.1 Å². The first kappa shape index (κ1) is 14.6. The van der Waals surface area contributed by atoms with Gasteiger partial charge in [-0.15, -0.1) is 0 Å². The van der Waals surface area contributed by atoms with Gasteiger partial charge in [0.05, 0.1) is 4.92 Å². The van der Waals surface area contributed by atoms with Crippen molar-refractivity contribution in [1.82, 2.24) is 0 Å².